The third-order valence-corrected chi connectivity index (χ3v) is 4.35. The molecule has 122 valence electrons. The third-order valence-electron chi connectivity index (χ3n) is 3.45. The van der Waals surface area contributed by atoms with E-state index in [1.54, 1.807) is 11.4 Å². The lowest BCUT2D eigenvalue weighted by atomic mass is 10.1. The van der Waals surface area contributed by atoms with Crippen LogP contribution in [0.2, 0.25) is 0 Å². The molecule has 0 atom stereocenters. The Hall–Kier alpha value is -2.34. The summed E-state index contributed by atoms with van der Waals surface area (Å²) in [6.45, 7) is 4.27. The summed E-state index contributed by atoms with van der Waals surface area (Å²) in [4.78, 5) is 23.9. The zero-order valence-corrected chi connectivity index (χ0v) is 14.2. The number of rotatable bonds is 6. The van der Waals surface area contributed by atoms with Crippen LogP contribution in [0.3, 0.4) is 0 Å². The number of amides is 1. The molecule has 0 radical (unpaired) electrons. The quantitative estimate of drug-likeness (QED) is 0.821. The van der Waals surface area contributed by atoms with Crippen molar-refractivity contribution in [2.45, 2.75) is 20.3 Å². The van der Waals surface area contributed by atoms with Crippen molar-refractivity contribution in [2.75, 3.05) is 19.0 Å². The Balaban J connectivity index is 1.88. The third kappa shape index (κ3) is 4.32. The summed E-state index contributed by atoms with van der Waals surface area (Å²) in [5, 5.41) is 4.44. The van der Waals surface area contributed by atoms with Crippen molar-refractivity contribution < 1.29 is 19.1 Å². The Morgan fingerprint density at radius 3 is 2.74 bits per heavy atom. The first-order valence-corrected chi connectivity index (χ1v) is 8.05. The van der Waals surface area contributed by atoms with Crippen LogP contribution >= 0.6 is 11.3 Å². The highest BCUT2D eigenvalue weighted by molar-refractivity contribution is 7.12. The van der Waals surface area contributed by atoms with Crippen LogP contribution in [0.1, 0.15) is 27.2 Å². The number of carbonyl (C=O) groups excluding carboxylic acids is 2. The molecule has 0 saturated heterocycles. The van der Waals surface area contributed by atoms with Gasteiger partial charge in [-0.05, 0) is 42.5 Å². The maximum atomic E-state index is 12.0. The molecule has 2 rings (SSSR count). The molecule has 0 fully saturated rings. The number of aryl methyl sites for hydroxylation is 1. The van der Waals surface area contributed by atoms with Crippen molar-refractivity contribution in [1.29, 1.82) is 0 Å². The number of benzene rings is 1. The lowest BCUT2D eigenvalue weighted by Crippen LogP contribution is -2.16. The molecule has 0 unspecified atom stereocenters. The van der Waals surface area contributed by atoms with Gasteiger partial charge < -0.3 is 14.8 Å². The summed E-state index contributed by atoms with van der Waals surface area (Å²) in [6, 6.07) is 7.50. The van der Waals surface area contributed by atoms with Crippen LogP contribution in [0.25, 0.3) is 0 Å². The van der Waals surface area contributed by atoms with Crippen LogP contribution in [-0.2, 0) is 9.53 Å². The number of thiophene rings is 1. The molecule has 0 saturated carbocycles. The van der Waals surface area contributed by atoms with Gasteiger partial charge in [0.05, 0.1) is 25.8 Å². The van der Waals surface area contributed by atoms with Gasteiger partial charge in [0.25, 0.3) is 0 Å². The molecule has 1 heterocycles. The number of anilines is 1. The summed E-state index contributed by atoms with van der Waals surface area (Å²) in [7, 11) is 1.31. The molecule has 1 aromatic heterocycles. The van der Waals surface area contributed by atoms with Crippen molar-refractivity contribution in [1.82, 2.24) is 0 Å². The minimum absolute atomic E-state index is 0.198. The van der Waals surface area contributed by atoms with Gasteiger partial charge >= 0.3 is 5.97 Å². The standard InChI is InChI=1S/C17H19NO4S/c1-11-5-4-6-14(12(11)2)22-9-7-15(19)18-13-8-10-23-16(13)17(20)21-3/h4-6,8,10H,7,9H2,1-3H3,(H,18,19). The van der Waals surface area contributed by atoms with Gasteiger partial charge in [-0.2, -0.15) is 0 Å². The van der Waals surface area contributed by atoms with E-state index in [1.165, 1.54) is 18.4 Å². The zero-order valence-electron chi connectivity index (χ0n) is 13.3. The number of methoxy groups -OCH3 is 1. The summed E-state index contributed by atoms with van der Waals surface area (Å²) in [6.07, 6.45) is 0.198. The second kappa shape index (κ2) is 7.78. The fourth-order valence-corrected chi connectivity index (χ4v) is 2.77. The molecule has 6 heteroatoms. The summed E-state index contributed by atoms with van der Waals surface area (Å²) < 4.78 is 10.3. The average molecular weight is 333 g/mol. The number of hydrogen-bond donors (Lipinski definition) is 1. The molecular formula is C17H19NO4S. The van der Waals surface area contributed by atoms with Crippen LogP contribution in [-0.4, -0.2) is 25.6 Å². The minimum Gasteiger partial charge on any atom is -0.493 e. The van der Waals surface area contributed by atoms with E-state index in [4.69, 9.17) is 4.74 Å². The van der Waals surface area contributed by atoms with Crippen LogP contribution in [0.5, 0.6) is 5.75 Å². The number of nitrogens with one attached hydrogen (secondary N) is 1. The highest BCUT2D eigenvalue weighted by atomic mass is 32.1. The highest BCUT2D eigenvalue weighted by Gasteiger charge is 2.15. The Morgan fingerprint density at radius 2 is 2.00 bits per heavy atom. The number of carbonyl (C=O) groups is 2. The van der Waals surface area contributed by atoms with E-state index >= 15 is 0 Å². The smallest absolute Gasteiger partial charge is 0.350 e. The lowest BCUT2D eigenvalue weighted by Gasteiger charge is -2.11. The van der Waals surface area contributed by atoms with Gasteiger partial charge in [-0.25, -0.2) is 4.79 Å². The minimum atomic E-state index is -0.457. The summed E-state index contributed by atoms with van der Waals surface area (Å²) in [5.74, 6) is 0.115. The van der Waals surface area contributed by atoms with Crippen LogP contribution in [0.15, 0.2) is 29.6 Å². The molecule has 5 nitrogen and oxygen atoms in total. The predicted molar refractivity (Wildman–Crippen MR) is 90.3 cm³/mol. The van der Waals surface area contributed by atoms with Crippen molar-refractivity contribution in [3.8, 4) is 5.75 Å². The SMILES string of the molecule is COC(=O)c1sccc1NC(=O)CCOc1cccc(C)c1C. The van der Waals surface area contributed by atoms with Gasteiger partial charge in [0.15, 0.2) is 0 Å². The van der Waals surface area contributed by atoms with Crippen molar-refractivity contribution in [3.63, 3.8) is 0 Å². The molecular weight excluding hydrogens is 314 g/mol. The largest absolute Gasteiger partial charge is 0.493 e. The maximum Gasteiger partial charge on any atom is 0.350 e. The van der Waals surface area contributed by atoms with Gasteiger partial charge in [0.2, 0.25) is 5.91 Å². The molecule has 0 bridgehead atoms. The molecule has 1 amide bonds. The molecule has 2 aromatic rings. The molecule has 0 aliphatic rings. The van der Waals surface area contributed by atoms with E-state index in [0.717, 1.165) is 16.9 Å². The monoisotopic (exact) mass is 333 g/mol. The van der Waals surface area contributed by atoms with Crippen LogP contribution in [0, 0.1) is 13.8 Å². The highest BCUT2D eigenvalue weighted by Crippen LogP contribution is 2.23. The number of hydrogen-bond acceptors (Lipinski definition) is 5. The maximum absolute atomic E-state index is 12.0. The Morgan fingerprint density at radius 1 is 1.22 bits per heavy atom. The van der Waals surface area contributed by atoms with Crippen molar-refractivity contribution in [2.24, 2.45) is 0 Å². The van der Waals surface area contributed by atoms with E-state index in [2.05, 4.69) is 10.1 Å². The van der Waals surface area contributed by atoms with Gasteiger partial charge in [-0.15, -0.1) is 11.3 Å². The summed E-state index contributed by atoms with van der Waals surface area (Å²) >= 11 is 1.23. The first-order chi connectivity index (χ1) is 11.0. The number of esters is 1. The van der Waals surface area contributed by atoms with E-state index in [0.29, 0.717) is 10.6 Å². The Bertz CT molecular complexity index is 708. The van der Waals surface area contributed by atoms with Crippen molar-refractivity contribution >= 4 is 28.9 Å². The van der Waals surface area contributed by atoms with Crippen LogP contribution in [0.4, 0.5) is 5.69 Å². The molecule has 0 aliphatic carbocycles. The zero-order chi connectivity index (χ0) is 16.8. The van der Waals surface area contributed by atoms with Gasteiger partial charge in [0.1, 0.15) is 10.6 Å². The first kappa shape index (κ1) is 17.0. The Labute approximate surface area is 139 Å². The van der Waals surface area contributed by atoms with E-state index in [1.807, 2.05) is 32.0 Å². The fraction of sp³-hybridized carbons (Fsp3) is 0.294. The molecule has 23 heavy (non-hydrogen) atoms. The van der Waals surface area contributed by atoms with Gasteiger partial charge in [0, 0.05) is 0 Å². The predicted octanol–water partition coefficient (Wildman–Crippen LogP) is 3.56. The molecule has 1 N–H and O–H groups in total. The van der Waals surface area contributed by atoms with E-state index < -0.39 is 5.97 Å². The Kier molecular flexibility index (Phi) is 5.76. The van der Waals surface area contributed by atoms with Crippen molar-refractivity contribution in [3.05, 3.63) is 45.6 Å². The summed E-state index contributed by atoms with van der Waals surface area (Å²) in [5.41, 5.74) is 2.69. The second-order valence-electron chi connectivity index (χ2n) is 5.00. The number of ether oxygens (including phenoxy) is 2. The normalized spacial score (nSPS) is 10.2. The molecule has 1 aromatic carbocycles. The topological polar surface area (TPSA) is 64.6 Å². The lowest BCUT2D eigenvalue weighted by molar-refractivity contribution is -0.116. The van der Waals surface area contributed by atoms with Gasteiger partial charge in [-0.1, -0.05) is 12.1 Å². The molecule has 0 spiro atoms. The first-order valence-electron chi connectivity index (χ1n) is 7.17. The fourth-order valence-electron chi connectivity index (χ4n) is 2.01. The van der Waals surface area contributed by atoms with E-state index in [9.17, 15) is 9.59 Å². The van der Waals surface area contributed by atoms with Crippen LogP contribution < -0.4 is 10.1 Å². The van der Waals surface area contributed by atoms with Gasteiger partial charge in [-0.3, -0.25) is 4.79 Å². The molecule has 0 aliphatic heterocycles. The van der Waals surface area contributed by atoms with E-state index in [-0.39, 0.29) is 18.9 Å². The average Bonchev–Trinajstić information content (AvgIpc) is 2.98. The second-order valence-corrected chi connectivity index (χ2v) is 5.92.